The monoisotopic (exact) mass is 410 g/mol. The van der Waals surface area contributed by atoms with Crippen LogP contribution in [-0.4, -0.2) is 29.3 Å². The predicted molar refractivity (Wildman–Crippen MR) is 124 cm³/mol. The topological polar surface area (TPSA) is 61.4 Å². The van der Waals surface area contributed by atoms with Gasteiger partial charge in [0.25, 0.3) is 0 Å². The molecule has 0 spiro atoms. The van der Waals surface area contributed by atoms with Crippen molar-refractivity contribution in [1.82, 2.24) is 10.6 Å². The number of urea groups is 1. The van der Waals surface area contributed by atoms with Crippen molar-refractivity contribution in [3.05, 3.63) is 0 Å². The van der Waals surface area contributed by atoms with Crippen molar-refractivity contribution in [2.45, 2.75) is 154 Å². The molecule has 1 aliphatic carbocycles. The van der Waals surface area contributed by atoms with Crippen molar-refractivity contribution in [3.63, 3.8) is 0 Å². The van der Waals surface area contributed by atoms with Gasteiger partial charge in [0.15, 0.2) is 0 Å². The fourth-order valence-corrected chi connectivity index (χ4v) is 4.43. The number of aliphatic hydroxyl groups excluding tert-OH is 1. The Balaban J connectivity index is 1.85. The second-order valence-electron chi connectivity index (χ2n) is 9.36. The van der Waals surface area contributed by atoms with Crippen LogP contribution in [-0.2, 0) is 0 Å². The zero-order chi connectivity index (χ0) is 21.2. The maximum absolute atomic E-state index is 12.1. The Labute approximate surface area is 181 Å². The molecular formula is C25H50N2O2. The van der Waals surface area contributed by atoms with Gasteiger partial charge in [-0.15, -0.1) is 0 Å². The summed E-state index contributed by atoms with van der Waals surface area (Å²) in [6.07, 6.45) is 23.8. The first-order valence-corrected chi connectivity index (χ1v) is 12.9. The number of unbranched alkanes of at least 4 members (excludes halogenated alkanes) is 13. The van der Waals surface area contributed by atoms with Crippen LogP contribution in [0.25, 0.3) is 0 Å². The molecule has 1 unspecified atom stereocenters. The summed E-state index contributed by atoms with van der Waals surface area (Å²) in [4.78, 5) is 12.1. The number of hydrogen-bond donors (Lipinski definition) is 3. The summed E-state index contributed by atoms with van der Waals surface area (Å²) in [5.74, 6) is 0. The summed E-state index contributed by atoms with van der Waals surface area (Å²) in [7, 11) is 0. The minimum absolute atomic E-state index is 0.0722. The zero-order valence-electron chi connectivity index (χ0n) is 19.5. The number of carbonyl (C=O) groups excluding carboxylic acids is 1. The van der Waals surface area contributed by atoms with E-state index in [-0.39, 0.29) is 24.2 Å². The molecule has 4 heteroatoms. The summed E-state index contributed by atoms with van der Waals surface area (Å²) in [6, 6.07) is 0.0129. The summed E-state index contributed by atoms with van der Waals surface area (Å²) in [6.45, 7) is 4.36. The maximum atomic E-state index is 12.1. The number of hydrogen-bond acceptors (Lipinski definition) is 2. The molecule has 0 aliphatic heterocycles. The number of aliphatic hydroxyl groups is 1. The molecule has 172 valence electrons. The van der Waals surface area contributed by atoms with E-state index < -0.39 is 0 Å². The van der Waals surface area contributed by atoms with Gasteiger partial charge in [-0.05, 0) is 26.2 Å². The van der Waals surface area contributed by atoms with Gasteiger partial charge in [0, 0.05) is 6.04 Å². The van der Waals surface area contributed by atoms with Gasteiger partial charge in [0.1, 0.15) is 0 Å². The average molecular weight is 411 g/mol. The lowest BCUT2D eigenvalue weighted by Crippen LogP contribution is -2.50. The minimum Gasteiger partial charge on any atom is -0.391 e. The fraction of sp³-hybridized carbons (Fsp3) is 0.960. The van der Waals surface area contributed by atoms with Crippen LogP contribution in [0.4, 0.5) is 4.79 Å². The van der Waals surface area contributed by atoms with Gasteiger partial charge >= 0.3 is 6.03 Å². The first-order valence-electron chi connectivity index (χ1n) is 12.9. The van der Waals surface area contributed by atoms with Crippen LogP contribution in [0.1, 0.15) is 136 Å². The molecule has 1 saturated carbocycles. The van der Waals surface area contributed by atoms with Crippen LogP contribution in [0, 0.1) is 0 Å². The lowest BCUT2D eigenvalue weighted by atomic mass is 9.93. The first-order chi connectivity index (χ1) is 14.1. The number of rotatable bonds is 17. The molecule has 0 radical (unpaired) electrons. The molecule has 3 N–H and O–H groups in total. The molecule has 0 aromatic heterocycles. The van der Waals surface area contributed by atoms with E-state index in [2.05, 4.69) is 24.5 Å². The molecule has 29 heavy (non-hydrogen) atoms. The molecule has 0 saturated heterocycles. The third-order valence-electron chi connectivity index (χ3n) is 6.41. The highest BCUT2D eigenvalue weighted by Crippen LogP contribution is 2.18. The van der Waals surface area contributed by atoms with Crippen LogP contribution in [0.5, 0.6) is 0 Å². The van der Waals surface area contributed by atoms with E-state index in [0.29, 0.717) is 0 Å². The Morgan fingerprint density at radius 2 is 1.31 bits per heavy atom. The van der Waals surface area contributed by atoms with Crippen LogP contribution in [0.3, 0.4) is 0 Å². The quantitative estimate of drug-likeness (QED) is 0.230. The molecular weight excluding hydrogens is 360 g/mol. The van der Waals surface area contributed by atoms with Crippen LogP contribution < -0.4 is 10.6 Å². The van der Waals surface area contributed by atoms with Gasteiger partial charge in [0.05, 0.1) is 12.1 Å². The zero-order valence-corrected chi connectivity index (χ0v) is 19.5. The third-order valence-corrected chi connectivity index (χ3v) is 6.41. The van der Waals surface area contributed by atoms with Crippen molar-refractivity contribution < 1.29 is 9.90 Å². The molecule has 1 rings (SSSR count). The van der Waals surface area contributed by atoms with Gasteiger partial charge in [0.2, 0.25) is 0 Å². The second-order valence-corrected chi connectivity index (χ2v) is 9.36. The van der Waals surface area contributed by atoms with Gasteiger partial charge in [-0.1, -0.05) is 110 Å². The SMILES string of the molecule is CCCCCCCCCCCCCCCCC(C)NC(=O)N[C@H]1CCCC[C@@H]1O. The molecule has 0 bridgehead atoms. The minimum atomic E-state index is -0.379. The Bertz CT molecular complexity index is 389. The molecule has 0 heterocycles. The maximum Gasteiger partial charge on any atom is 0.315 e. The van der Waals surface area contributed by atoms with E-state index in [1.54, 1.807) is 0 Å². The fourth-order valence-electron chi connectivity index (χ4n) is 4.43. The van der Waals surface area contributed by atoms with E-state index in [9.17, 15) is 9.90 Å². The van der Waals surface area contributed by atoms with E-state index in [1.807, 2.05) is 0 Å². The molecule has 2 amide bonds. The van der Waals surface area contributed by atoms with Gasteiger partial charge < -0.3 is 15.7 Å². The molecule has 4 nitrogen and oxygen atoms in total. The van der Waals surface area contributed by atoms with Gasteiger partial charge in [-0.25, -0.2) is 4.79 Å². The smallest absolute Gasteiger partial charge is 0.315 e. The van der Waals surface area contributed by atoms with Crippen molar-refractivity contribution >= 4 is 6.03 Å². The number of nitrogens with one attached hydrogen (secondary N) is 2. The highest BCUT2D eigenvalue weighted by atomic mass is 16.3. The molecule has 1 fully saturated rings. The van der Waals surface area contributed by atoms with E-state index in [4.69, 9.17) is 0 Å². The predicted octanol–water partition coefficient (Wildman–Crippen LogP) is 6.85. The van der Waals surface area contributed by atoms with E-state index >= 15 is 0 Å². The highest BCUT2D eigenvalue weighted by molar-refractivity contribution is 5.74. The Hall–Kier alpha value is -0.770. The molecule has 1 aliphatic rings. The lowest BCUT2D eigenvalue weighted by molar-refractivity contribution is 0.0940. The van der Waals surface area contributed by atoms with Crippen molar-refractivity contribution in [3.8, 4) is 0 Å². The Morgan fingerprint density at radius 1 is 0.828 bits per heavy atom. The second kappa shape index (κ2) is 18.0. The number of carbonyl (C=O) groups is 1. The van der Waals surface area contributed by atoms with Crippen molar-refractivity contribution in [2.24, 2.45) is 0 Å². The molecule has 0 aromatic carbocycles. The molecule has 0 aromatic rings. The highest BCUT2D eigenvalue weighted by Gasteiger charge is 2.24. The van der Waals surface area contributed by atoms with Gasteiger partial charge in [-0.2, -0.15) is 0 Å². The van der Waals surface area contributed by atoms with E-state index in [0.717, 1.165) is 32.1 Å². The third kappa shape index (κ3) is 14.8. The van der Waals surface area contributed by atoms with Crippen LogP contribution >= 0.6 is 0 Å². The summed E-state index contributed by atoms with van der Waals surface area (Å²) in [5.41, 5.74) is 0. The summed E-state index contributed by atoms with van der Waals surface area (Å²) in [5, 5.41) is 15.9. The standard InChI is InChI=1S/C25H50N2O2/c1-3-4-5-6-7-8-9-10-11-12-13-14-15-16-19-22(2)26-25(29)27-23-20-17-18-21-24(23)28/h22-24,28H,3-21H2,1-2H3,(H2,26,27,29)/t22?,23-,24-/m0/s1. The first kappa shape index (κ1) is 26.3. The van der Waals surface area contributed by atoms with Crippen LogP contribution in [0.2, 0.25) is 0 Å². The largest absolute Gasteiger partial charge is 0.391 e. The number of amides is 2. The van der Waals surface area contributed by atoms with Crippen LogP contribution in [0.15, 0.2) is 0 Å². The molecule has 3 atom stereocenters. The van der Waals surface area contributed by atoms with E-state index in [1.165, 1.54) is 89.9 Å². The Morgan fingerprint density at radius 3 is 1.83 bits per heavy atom. The summed E-state index contributed by atoms with van der Waals surface area (Å²) >= 11 is 0. The summed E-state index contributed by atoms with van der Waals surface area (Å²) < 4.78 is 0. The van der Waals surface area contributed by atoms with Crippen molar-refractivity contribution in [2.75, 3.05) is 0 Å². The van der Waals surface area contributed by atoms with Crippen molar-refractivity contribution in [1.29, 1.82) is 0 Å². The lowest BCUT2D eigenvalue weighted by Gasteiger charge is -2.29. The Kier molecular flexibility index (Phi) is 16.3. The normalized spacial score (nSPS) is 20.4. The van der Waals surface area contributed by atoms with Gasteiger partial charge in [-0.3, -0.25) is 0 Å². The average Bonchev–Trinajstić information content (AvgIpc) is 2.70.